The van der Waals surface area contributed by atoms with E-state index in [4.69, 9.17) is 16.3 Å². The van der Waals surface area contributed by atoms with Gasteiger partial charge in [-0.15, -0.1) is 0 Å². The van der Waals surface area contributed by atoms with Gasteiger partial charge >= 0.3 is 0 Å². The van der Waals surface area contributed by atoms with Crippen molar-refractivity contribution in [3.05, 3.63) is 86.3 Å². The lowest BCUT2D eigenvalue weighted by Gasteiger charge is -2.05. The van der Waals surface area contributed by atoms with Crippen molar-refractivity contribution >= 4 is 45.0 Å². The van der Waals surface area contributed by atoms with Crippen molar-refractivity contribution in [3.8, 4) is 11.6 Å². The van der Waals surface area contributed by atoms with Gasteiger partial charge in [0.2, 0.25) is 11.1 Å². The standard InChI is InChI=1S/C20H10ClFN4O2S/c21-19-23-10-13(22)17(25-19)28-12-7-5-11(6-8-12)9-16-18(27)26-15-4-2-1-3-14(15)24-20(26)29-16/h1-10H/b16-9+. The Balaban J connectivity index is 1.49. The fourth-order valence-electron chi connectivity index (χ4n) is 2.91. The Kier molecular flexibility index (Phi) is 4.22. The quantitative estimate of drug-likeness (QED) is 0.412. The maximum atomic E-state index is 13.7. The van der Waals surface area contributed by atoms with Crippen LogP contribution in [0.1, 0.15) is 5.56 Å². The Morgan fingerprint density at radius 2 is 1.90 bits per heavy atom. The normalized spacial score (nSPS) is 12.1. The highest BCUT2D eigenvalue weighted by molar-refractivity contribution is 7.15. The molecule has 5 aromatic rings. The first-order chi connectivity index (χ1) is 14.1. The highest BCUT2D eigenvalue weighted by Crippen LogP contribution is 2.23. The number of hydrogen-bond donors (Lipinski definition) is 0. The largest absolute Gasteiger partial charge is 0.436 e. The molecule has 9 heteroatoms. The van der Waals surface area contributed by atoms with E-state index < -0.39 is 5.82 Å². The average Bonchev–Trinajstić information content (AvgIpc) is 3.22. The number of nitrogens with zero attached hydrogens (tertiary/aromatic N) is 4. The maximum Gasteiger partial charge on any atom is 0.274 e. The van der Waals surface area contributed by atoms with E-state index in [9.17, 15) is 9.18 Å². The van der Waals surface area contributed by atoms with Crippen LogP contribution in [-0.2, 0) is 0 Å². The molecule has 142 valence electrons. The van der Waals surface area contributed by atoms with Gasteiger partial charge in [0.1, 0.15) is 5.75 Å². The molecule has 0 saturated carbocycles. The number of hydrogen-bond acceptors (Lipinski definition) is 6. The molecule has 0 bridgehead atoms. The minimum Gasteiger partial charge on any atom is -0.436 e. The second-order valence-corrected chi connectivity index (χ2v) is 7.44. The highest BCUT2D eigenvalue weighted by atomic mass is 35.5. The Morgan fingerprint density at radius 3 is 2.72 bits per heavy atom. The van der Waals surface area contributed by atoms with Gasteiger partial charge in [0.05, 0.1) is 21.8 Å². The number of thiazole rings is 1. The molecule has 0 saturated heterocycles. The first-order valence-electron chi connectivity index (χ1n) is 8.46. The van der Waals surface area contributed by atoms with Crippen LogP contribution in [-0.4, -0.2) is 19.4 Å². The number of halogens is 2. The third-order valence-electron chi connectivity index (χ3n) is 4.22. The van der Waals surface area contributed by atoms with Crippen LogP contribution in [0.5, 0.6) is 11.6 Å². The lowest BCUT2D eigenvalue weighted by Crippen LogP contribution is -2.22. The predicted octanol–water partition coefficient (Wildman–Crippen LogP) is 3.83. The van der Waals surface area contributed by atoms with Crippen LogP contribution in [0.4, 0.5) is 4.39 Å². The maximum absolute atomic E-state index is 13.7. The van der Waals surface area contributed by atoms with E-state index in [0.29, 0.717) is 15.2 Å². The van der Waals surface area contributed by atoms with Gasteiger partial charge < -0.3 is 4.74 Å². The molecule has 0 spiro atoms. The van der Waals surface area contributed by atoms with Gasteiger partial charge in [-0.1, -0.05) is 35.6 Å². The molecule has 0 amide bonds. The molecular formula is C20H10ClFN4O2S. The first-order valence-corrected chi connectivity index (χ1v) is 9.65. The zero-order chi connectivity index (χ0) is 20.0. The molecule has 0 aliphatic carbocycles. The van der Waals surface area contributed by atoms with E-state index in [1.54, 1.807) is 34.7 Å². The first kappa shape index (κ1) is 17.7. The summed E-state index contributed by atoms with van der Waals surface area (Å²) in [7, 11) is 0. The Morgan fingerprint density at radius 1 is 1.10 bits per heavy atom. The topological polar surface area (TPSA) is 69.4 Å². The molecular weight excluding hydrogens is 415 g/mol. The molecule has 0 N–H and O–H groups in total. The smallest absolute Gasteiger partial charge is 0.274 e. The minimum atomic E-state index is -0.713. The fraction of sp³-hybridized carbons (Fsp3) is 0. The monoisotopic (exact) mass is 424 g/mol. The summed E-state index contributed by atoms with van der Waals surface area (Å²) in [6.45, 7) is 0. The van der Waals surface area contributed by atoms with Crippen molar-refractivity contribution in [2.45, 2.75) is 0 Å². The predicted molar refractivity (Wildman–Crippen MR) is 109 cm³/mol. The summed E-state index contributed by atoms with van der Waals surface area (Å²) in [6, 6.07) is 14.3. The lowest BCUT2D eigenvalue weighted by molar-refractivity contribution is 0.420. The van der Waals surface area contributed by atoms with Gasteiger partial charge in [0, 0.05) is 0 Å². The third-order valence-corrected chi connectivity index (χ3v) is 5.37. The van der Waals surface area contributed by atoms with E-state index in [-0.39, 0.29) is 16.7 Å². The Bertz CT molecular complexity index is 1480. The second-order valence-electron chi connectivity index (χ2n) is 6.10. The van der Waals surface area contributed by atoms with E-state index in [2.05, 4.69) is 15.0 Å². The van der Waals surface area contributed by atoms with Crippen LogP contribution in [0.2, 0.25) is 5.28 Å². The number of rotatable bonds is 3. The summed E-state index contributed by atoms with van der Waals surface area (Å²) in [5, 5.41) is -0.107. The molecule has 3 aromatic heterocycles. The van der Waals surface area contributed by atoms with Crippen LogP contribution in [0.3, 0.4) is 0 Å². The number of ether oxygens (including phenoxy) is 1. The van der Waals surface area contributed by atoms with Gasteiger partial charge in [-0.05, 0) is 47.5 Å². The number of para-hydroxylation sites is 2. The molecule has 0 atom stereocenters. The lowest BCUT2D eigenvalue weighted by atomic mass is 10.2. The third kappa shape index (κ3) is 3.22. The van der Waals surface area contributed by atoms with E-state index in [1.165, 1.54) is 11.3 Å². The zero-order valence-electron chi connectivity index (χ0n) is 14.5. The summed E-state index contributed by atoms with van der Waals surface area (Å²) in [5.74, 6) is -0.588. The summed E-state index contributed by atoms with van der Waals surface area (Å²) in [4.78, 5) is 25.2. The number of aromatic nitrogens is 4. The highest BCUT2D eigenvalue weighted by Gasteiger charge is 2.11. The van der Waals surface area contributed by atoms with Gasteiger partial charge in [-0.25, -0.2) is 14.4 Å². The summed E-state index contributed by atoms with van der Waals surface area (Å²) < 4.78 is 21.3. The Labute approximate surface area is 171 Å². The van der Waals surface area contributed by atoms with E-state index in [0.717, 1.165) is 22.8 Å². The second kappa shape index (κ2) is 6.91. The molecule has 6 nitrogen and oxygen atoms in total. The van der Waals surface area contributed by atoms with Crippen molar-refractivity contribution in [1.82, 2.24) is 19.4 Å². The summed E-state index contributed by atoms with van der Waals surface area (Å²) in [6.07, 6.45) is 2.72. The number of fused-ring (bicyclic) bond motifs is 3. The molecule has 0 unspecified atom stereocenters. The van der Waals surface area contributed by atoms with Crippen molar-refractivity contribution in [2.24, 2.45) is 0 Å². The summed E-state index contributed by atoms with van der Waals surface area (Å²) in [5.41, 5.74) is 2.26. The van der Waals surface area contributed by atoms with Crippen molar-refractivity contribution in [2.75, 3.05) is 0 Å². The van der Waals surface area contributed by atoms with Crippen molar-refractivity contribution in [1.29, 1.82) is 0 Å². The van der Waals surface area contributed by atoms with Gasteiger partial charge in [0.15, 0.2) is 4.96 Å². The molecule has 0 fully saturated rings. The molecule has 0 radical (unpaired) electrons. The van der Waals surface area contributed by atoms with Crippen LogP contribution < -0.4 is 14.8 Å². The molecule has 0 aliphatic rings. The average molecular weight is 425 g/mol. The Hall–Kier alpha value is -3.36. The van der Waals surface area contributed by atoms with Gasteiger partial charge in [-0.3, -0.25) is 4.79 Å². The van der Waals surface area contributed by atoms with Gasteiger partial charge in [0.25, 0.3) is 11.4 Å². The minimum absolute atomic E-state index is 0.107. The molecule has 0 aliphatic heterocycles. The van der Waals surface area contributed by atoms with E-state index in [1.807, 2.05) is 24.3 Å². The molecule has 5 rings (SSSR count). The van der Waals surface area contributed by atoms with E-state index >= 15 is 0 Å². The van der Waals surface area contributed by atoms with Crippen LogP contribution in [0, 0.1) is 5.82 Å². The van der Waals surface area contributed by atoms with Crippen LogP contribution in [0.25, 0.3) is 22.1 Å². The van der Waals surface area contributed by atoms with Gasteiger partial charge in [-0.2, -0.15) is 9.37 Å². The van der Waals surface area contributed by atoms with Crippen LogP contribution in [0.15, 0.2) is 59.5 Å². The number of imidazole rings is 1. The molecule has 29 heavy (non-hydrogen) atoms. The molecule has 2 aromatic carbocycles. The van der Waals surface area contributed by atoms with Crippen molar-refractivity contribution in [3.63, 3.8) is 0 Å². The zero-order valence-corrected chi connectivity index (χ0v) is 16.1. The molecule has 3 heterocycles. The SMILES string of the molecule is O=c1/c(=C\c2ccc(Oc3nc(Cl)ncc3F)cc2)sc2nc3ccccc3n12. The van der Waals surface area contributed by atoms with Crippen molar-refractivity contribution < 1.29 is 9.13 Å². The fourth-order valence-corrected chi connectivity index (χ4v) is 4.02. The van der Waals surface area contributed by atoms with Crippen LogP contribution >= 0.6 is 22.9 Å². The summed E-state index contributed by atoms with van der Waals surface area (Å²) >= 11 is 6.99. The number of benzene rings is 2.